The zero-order valence-electron chi connectivity index (χ0n) is 15.0. The lowest BCUT2D eigenvalue weighted by Crippen LogP contribution is -2.27. The van der Waals surface area contributed by atoms with Gasteiger partial charge >= 0.3 is 11.9 Å². The molecule has 1 heterocycles. The molecule has 4 unspecified atom stereocenters. The molecule has 1 rings (SSSR count). The highest BCUT2D eigenvalue weighted by Crippen LogP contribution is 2.38. The minimum Gasteiger partial charge on any atom is -0.386 e. The first-order valence-corrected chi connectivity index (χ1v) is 8.77. The van der Waals surface area contributed by atoms with Crippen LogP contribution in [0.5, 0.6) is 0 Å². The van der Waals surface area contributed by atoms with E-state index in [1.165, 1.54) is 6.08 Å². The second-order valence-electron chi connectivity index (χ2n) is 7.29. The summed E-state index contributed by atoms with van der Waals surface area (Å²) in [6, 6.07) is 0. The summed E-state index contributed by atoms with van der Waals surface area (Å²) in [4.78, 5) is 23.5. The Morgan fingerprint density at radius 1 is 0.909 bits per heavy atom. The van der Waals surface area contributed by atoms with E-state index < -0.39 is 11.9 Å². The standard InChI is InChI=1S/C19H32O3/c1-7-12(3)9-14(5)18(15(6)10-13(4)8-2)16-11-17(20)22-19(16)21/h11-15,18H,7-10H2,1-6H3. The van der Waals surface area contributed by atoms with Crippen molar-refractivity contribution in [2.75, 3.05) is 0 Å². The van der Waals surface area contributed by atoms with Crippen LogP contribution in [0.1, 0.15) is 67.2 Å². The van der Waals surface area contributed by atoms with Crippen molar-refractivity contribution in [2.24, 2.45) is 29.6 Å². The topological polar surface area (TPSA) is 43.4 Å². The molecule has 0 amide bonds. The first-order valence-electron chi connectivity index (χ1n) is 8.77. The summed E-state index contributed by atoms with van der Waals surface area (Å²) in [6.07, 6.45) is 5.85. The van der Waals surface area contributed by atoms with Gasteiger partial charge in [-0.05, 0) is 42.4 Å². The van der Waals surface area contributed by atoms with Crippen molar-refractivity contribution in [2.45, 2.75) is 67.2 Å². The lowest BCUT2D eigenvalue weighted by Gasteiger charge is -2.32. The number of carbonyl (C=O) groups excluding carboxylic acids is 2. The van der Waals surface area contributed by atoms with Crippen LogP contribution in [0.3, 0.4) is 0 Å². The Balaban J connectivity index is 2.96. The molecule has 3 heteroatoms. The summed E-state index contributed by atoms with van der Waals surface area (Å²) in [5.74, 6) is 1.18. The lowest BCUT2D eigenvalue weighted by molar-refractivity contribution is -0.151. The first-order chi connectivity index (χ1) is 10.3. The third-order valence-corrected chi connectivity index (χ3v) is 5.23. The molecular formula is C19H32O3. The largest absolute Gasteiger partial charge is 0.386 e. The summed E-state index contributed by atoms with van der Waals surface area (Å²) in [6.45, 7) is 13.3. The van der Waals surface area contributed by atoms with Crippen molar-refractivity contribution in [3.05, 3.63) is 11.6 Å². The number of cyclic esters (lactones) is 2. The highest BCUT2D eigenvalue weighted by atomic mass is 16.6. The quantitative estimate of drug-likeness (QED) is 0.456. The zero-order chi connectivity index (χ0) is 16.9. The van der Waals surface area contributed by atoms with E-state index in [1.807, 2.05) is 0 Å². The average Bonchev–Trinajstić information content (AvgIpc) is 2.77. The number of esters is 2. The van der Waals surface area contributed by atoms with E-state index in [0.29, 0.717) is 29.2 Å². The number of hydrogen-bond acceptors (Lipinski definition) is 3. The second-order valence-corrected chi connectivity index (χ2v) is 7.29. The maximum absolute atomic E-state index is 12.0. The molecule has 4 atom stereocenters. The van der Waals surface area contributed by atoms with Crippen LogP contribution in [0.2, 0.25) is 0 Å². The third kappa shape index (κ3) is 4.96. The molecule has 0 N–H and O–H groups in total. The summed E-state index contributed by atoms with van der Waals surface area (Å²) >= 11 is 0. The van der Waals surface area contributed by atoms with Crippen LogP contribution < -0.4 is 0 Å². The summed E-state index contributed by atoms with van der Waals surface area (Å²) < 4.78 is 4.75. The maximum atomic E-state index is 12.0. The minimum atomic E-state index is -0.503. The van der Waals surface area contributed by atoms with Gasteiger partial charge in [-0.1, -0.05) is 54.4 Å². The maximum Gasteiger partial charge on any atom is 0.342 e. The van der Waals surface area contributed by atoms with Crippen LogP contribution in [0.25, 0.3) is 0 Å². The van der Waals surface area contributed by atoms with Gasteiger partial charge in [-0.25, -0.2) is 9.59 Å². The van der Waals surface area contributed by atoms with Gasteiger partial charge in [0.2, 0.25) is 0 Å². The average molecular weight is 308 g/mol. The van der Waals surface area contributed by atoms with Crippen molar-refractivity contribution in [1.82, 2.24) is 0 Å². The molecule has 22 heavy (non-hydrogen) atoms. The van der Waals surface area contributed by atoms with Crippen molar-refractivity contribution < 1.29 is 14.3 Å². The van der Waals surface area contributed by atoms with Crippen molar-refractivity contribution >= 4 is 11.9 Å². The predicted octanol–water partition coefficient (Wildman–Crippen LogP) is 4.76. The monoisotopic (exact) mass is 308 g/mol. The number of ether oxygens (including phenoxy) is 1. The molecule has 1 aliphatic heterocycles. The van der Waals surface area contributed by atoms with E-state index in [4.69, 9.17) is 4.74 Å². The van der Waals surface area contributed by atoms with E-state index in [2.05, 4.69) is 41.5 Å². The SMILES string of the molecule is CCC(C)CC(C)C(C1=CC(=O)OC1=O)C(C)CC(C)CC. The molecule has 0 aromatic heterocycles. The van der Waals surface area contributed by atoms with E-state index >= 15 is 0 Å². The van der Waals surface area contributed by atoms with E-state index in [1.54, 1.807) is 0 Å². The Morgan fingerprint density at radius 2 is 1.36 bits per heavy atom. The highest BCUT2D eigenvalue weighted by molar-refractivity contribution is 6.09. The van der Waals surface area contributed by atoms with Crippen LogP contribution in [0, 0.1) is 29.6 Å². The van der Waals surface area contributed by atoms with Gasteiger partial charge in [0.15, 0.2) is 0 Å². The molecule has 0 bridgehead atoms. The normalized spacial score (nSPS) is 21.8. The van der Waals surface area contributed by atoms with Crippen molar-refractivity contribution in [3.8, 4) is 0 Å². The lowest BCUT2D eigenvalue weighted by atomic mass is 9.72. The Bertz CT molecular complexity index is 406. The molecule has 0 aromatic rings. The minimum absolute atomic E-state index is 0.113. The molecule has 126 valence electrons. The first kappa shape index (κ1) is 18.9. The molecule has 0 spiro atoms. The fraction of sp³-hybridized carbons (Fsp3) is 0.789. The summed E-state index contributed by atoms with van der Waals surface area (Å²) in [5, 5.41) is 0. The van der Waals surface area contributed by atoms with Crippen molar-refractivity contribution in [1.29, 1.82) is 0 Å². The van der Waals surface area contributed by atoms with Gasteiger partial charge < -0.3 is 4.74 Å². The van der Waals surface area contributed by atoms with Gasteiger partial charge in [0.05, 0.1) is 0 Å². The van der Waals surface area contributed by atoms with Crippen LogP contribution in [-0.4, -0.2) is 11.9 Å². The number of carbonyl (C=O) groups is 2. The summed E-state index contributed by atoms with van der Waals surface area (Å²) in [5.41, 5.74) is 0.594. The molecule has 0 aliphatic carbocycles. The molecule has 3 nitrogen and oxygen atoms in total. The fourth-order valence-electron chi connectivity index (χ4n) is 3.67. The van der Waals surface area contributed by atoms with Gasteiger partial charge in [0, 0.05) is 11.6 Å². The van der Waals surface area contributed by atoms with Crippen LogP contribution >= 0.6 is 0 Å². The van der Waals surface area contributed by atoms with E-state index in [0.717, 1.165) is 25.7 Å². The molecular weight excluding hydrogens is 276 g/mol. The molecule has 0 radical (unpaired) electrons. The molecule has 0 fully saturated rings. The Hall–Kier alpha value is -1.12. The summed E-state index contributed by atoms with van der Waals surface area (Å²) in [7, 11) is 0. The van der Waals surface area contributed by atoms with Gasteiger partial charge in [-0.15, -0.1) is 0 Å². The fourth-order valence-corrected chi connectivity index (χ4v) is 3.67. The van der Waals surface area contributed by atoms with E-state index in [9.17, 15) is 9.59 Å². The number of rotatable bonds is 9. The van der Waals surface area contributed by atoms with Crippen LogP contribution in [0.15, 0.2) is 11.6 Å². The third-order valence-electron chi connectivity index (χ3n) is 5.23. The molecule has 0 aromatic carbocycles. The Morgan fingerprint density at radius 3 is 1.68 bits per heavy atom. The van der Waals surface area contributed by atoms with Gasteiger partial charge in [0.1, 0.15) is 0 Å². The van der Waals surface area contributed by atoms with Gasteiger partial charge in [0.25, 0.3) is 0 Å². The van der Waals surface area contributed by atoms with Crippen LogP contribution in [-0.2, 0) is 14.3 Å². The van der Waals surface area contributed by atoms with Gasteiger partial charge in [-0.3, -0.25) is 0 Å². The van der Waals surface area contributed by atoms with Gasteiger partial charge in [-0.2, -0.15) is 0 Å². The molecule has 1 aliphatic rings. The van der Waals surface area contributed by atoms with Crippen molar-refractivity contribution in [3.63, 3.8) is 0 Å². The molecule has 0 saturated heterocycles. The Kier molecular flexibility index (Phi) is 7.31. The molecule has 0 saturated carbocycles. The number of hydrogen-bond donors (Lipinski definition) is 0. The van der Waals surface area contributed by atoms with E-state index in [-0.39, 0.29) is 5.92 Å². The predicted molar refractivity (Wildman–Crippen MR) is 89.1 cm³/mol. The Labute approximate surface area is 135 Å². The second kappa shape index (κ2) is 8.50. The smallest absolute Gasteiger partial charge is 0.342 e. The highest BCUT2D eigenvalue weighted by Gasteiger charge is 2.37. The zero-order valence-corrected chi connectivity index (χ0v) is 15.0. The van der Waals surface area contributed by atoms with Crippen LogP contribution in [0.4, 0.5) is 0 Å².